The smallest absolute Gasteiger partial charge is 0.351 e. The number of esters is 2. The lowest BCUT2D eigenvalue weighted by Crippen LogP contribution is -2.38. The van der Waals surface area contributed by atoms with Crippen LogP contribution in [0.1, 0.15) is 68.0 Å². The van der Waals surface area contributed by atoms with Gasteiger partial charge < -0.3 is 40.0 Å². The Morgan fingerprint density at radius 1 is 0.955 bits per heavy atom. The zero-order valence-electron chi connectivity index (χ0n) is 24.2. The van der Waals surface area contributed by atoms with Crippen molar-refractivity contribution in [3.05, 3.63) is 52.6 Å². The predicted octanol–water partition coefficient (Wildman–Crippen LogP) is 1.27. The summed E-state index contributed by atoms with van der Waals surface area (Å²) in [6.07, 6.45) is 1.35. The second kappa shape index (κ2) is 15.7. The Morgan fingerprint density at radius 2 is 1.64 bits per heavy atom. The number of ether oxygens (including phenoxy) is 3. The van der Waals surface area contributed by atoms with Gasteiger partial charge in [0.2, 0.25) is 5.91 Å². The molecular formula is C30H39N3O11. The van der Waals surface area contributed by atoms with E-state index in [0.717, 1.165) is 30.3 Å². The van der Waals surface area contributed by atoms with E-state index in [9.17, 15) is 39.6 Å². The molecule has 1 saturated heterocycles. The quantitative estimate of drug-likeness (QED) is 0.159. The number of para-hydroxylation sites is 1. The second-order valence-corrected chi connectivity index (χ2v) is 11.0. The van der Waals surface area contributed by atoms with Gasteiger partial charge in [-0.3, -0.25) is 14.2 Å². The van der Waals surface area contributed by atoms with Crippen molar-refractivity contribution in [3.8, 4) is 5.75 Å². The van der Waals surface area contributed by atoms with Crippen molar-refractivity contribution in [2.45, 2.75) is 75.9 Å². The number of phenolic OH excluding ortho intramolecular Hbond substituents is 1. The molecule has 1 aromatic carbocycles. The number of hydrogen-bond donors (Lipinski definition) is 5. The third-order valence-corrected chi connectivity index (χ3v) is 7.92. The fourth-order valence-electron chi connectivity index (χ4n) is 5.46. The number of aliphatic hydroxyl groups excluding tert-OH is 3. The van der Waals surface area contributed by atoms with E-state index < -0.39 is 66.5 Å². The zero-order chi connectivity index (χ0) is 31.6. The molecular weight excluding hydrogens is 578 g/mol. The molecule has 2 aromatic rings. The van der Waals surface area contributed by atoms with Gasteiger partial charge >= 0.3 is 17.6 Å². The summed E-state index contributed by atoms with van der Waals surface area (Å²) in [5.74, 6) is -2.94. The highest BCUT2D eigenvalue weighted by Crippen LogP contribution is 2.32. The average molecular weight is 618 g/mol. The lowest BCUT2D eigenvalue weighted by Gasteiger charge is -2.28. The van der Waals surface area contributed by atoms with Crippen molar-refractivity contribution in [1.82, 2.24) is 9.55 Å². The Morgan fingerprint density at radius 3 is 2.30 bits per heavy atom. The van der Waals surface area contributed by atoms with Crippen molar-refractivity contribution < 1.29 is 49.0 Å². The Bertz CT molecular complexity index is 1350. The number of carbonyl (C=O) groups is 3. The van der Waals surface area contributed by atoms with Gasteiger partial charge in [0.15, 0.2) is 6.23 Å². The number of rotatable bonds is 13. The normalized spacial score (nSPS) is 24.9. The number of aromatic nitrogens is 2. The molecule has 1 aromatic heterocycles. The van der Waals surface area contributed by atoms with E-state index in [0.29, 0.717) is 25.7 Å². The van der Waals surface area contributed by atoms with Crippen LogP contribution in [0.4, 0.5) is 5.82 Å². The predicted molar refractivity (Wildman–Crippen MR) is 153 cm³/mol. The molecule has 2 aliphatic rings. The summed E-state index contributed by atoms with van der Waals surface area (Å²) in [5.41, 5.74) is -0.724. The molecule has 1 saturated carbocycles. The Kier molecular flexibility index (Phi) is 11.8. The molecule has 0 radical (unpaired) electrons. The summed E-state index contributed by atoms with van der Waals surface area (Å²) in [7, 11) is 0. The number of hydrogen-bond acceptors (Lipinski definition) is 12. The van der Waals surface area contributed by atoms with Crippen molar-refractivity contribution in [2.24, 2.45) is 11.8 Å². The first-order chi connectivity index (χ1) is 21.2. The first kappa shape index (κ1) is 33.1. The molecule has 0 bridgehead atoms. The molecule has 1 amide bonds. The molecule has 4 rings (SSSR count). The minimum atomic E-state index is -1.46. The number of unbranched alkanes of at least 4 members (excludes halogenated alkanes) is 3. The van der Waals surface area contributed by atoms with E-state index in [1.54, 1.807) is 12.1 Å². The van der Waals surface area contributed by atoms with E-state index in [2.05, 4.69) is 10.3 Å². The number of nitrogens with zero attached hydrogens (tertiary/aromatic N) is 2. The monoisotopic (exact) mass is 617 g/mol. The third-order valence-electron chi connectivity index (χ3n) is 7.92. The third kappa shape index (κ3) is 8.20. The molecule has 5 N–H and O–H groups in total. The number of benzene rings is 1. The Hall–Kier alpha value is -3.85. The SMILES string of the molecule is O=C(OCCCCCCOC(=O)C1CCCCC1C(=O)Nc1ccn([C@@H]2O[C@H](CO)[C@@H](O)[C@@H]2O)c(=O)n1)c1ccccc1O. The lowest BCUT2D eigenvalue weighted by atomic mass is 9.78. The topological polar surface area (TPSA) is 207 Å². The summed E-state index contributed by atoms with van der Waals surface area (Å²) in [6, 6.07) is 7.51. The van der Waals surface area contributed by atoms with Crippen LogP contribution in [-0.2, 0) is 23.8 Å². The number of amides is 1. The molecule has 2 heterocycles. The number of nitrogens with one attached hydrogen (secondary N) is 1. The fraction of sp³-hybridized carbons (Fsp3) is 0.567. The van der Waals surface area contributed by atoms with E-state index in [4.69, 9.17) is 14.2 Å². The van der Waals surface area contributed by atoms with Gasteiger partial charge in [-0.25, -0.2) is 9.59 Å². The van der Waals surface area contributed by atoms with Crippen molar-refractivity contribution in [1.29, 1.82) is 0 Å². The summed E-state index contributed by atoms with van der Waals surface area (Å²) >= 11 is 0. The molecule has 240 valence electrons. The van der Waals surface area contributed by atoms with Crippen LogP contribution in [0.25, 0.3) is 0 Å². The van der Waals surface area contributed by atoms with Crippen LogP contribution in [0.5, 0.6) is 5.75 Å². The van der Waals surface area contributed by atoms with Crippen LogP contribution in [0.15, 0.2) is 41.3 Å². The second-order valence-electron chi connectivity index (χ2n) is 11.0. The molecule has 6 atom stereocenters. The fourth-order valence-corrected chi connectivity index (χ4v) is 5.46. The van der Waals surface area contributed by atoms with Crippen LogP contribution >= 0.6 is 0 Å². The van der Waals surface area contributed by atoms with E-state index in [-0.39, 0.29) is 30.3 Å². The van der Waals surface area contributed by atoms with Crippen molar-refractivity contribution in [2.75, 3.05) is 25.1 Å². The van der Waals surface area contributed by atoms with Crippen LogP contribution in [-0.4, -0.2) is 86.0 Å². The van der Waals surface area contributed by atoms with Gasteiger partial charge in [-0.1, -0.05) is 25.0 Å². The number of aliphatic hydroxyl groups is 3. The molecule has 14 heteroatoms. The first-order valence-corrected chi connectivity index (χ1v) is 14.9. The molecule has 0 spiro atoms. The minimum Gasteiger partial charge on any atom is -0.507 e. The first-order valence-electron chi connectivity index (χ1n) is 14.9. The van der Waals surface area contributed by atoms with E-state index >= 15 is 0 Å². The van der Waals surface area contributed by atoms with Gasteiger partial charge in [0.25, 0.3) is 0 Å². The van der Waals surface area contributed by atoms with Crippen molar-refractivity contribution in [3.63, 3.8) is 0 Å². The van der Waals surface area contributed by atoms with Gasteiger partial charge in [0.05, 0.1) is 31.7 Å². The van der Waals surface area contributed by atoms with Crippen LogP contribution in [0, 0.1) is 11.8 Å². The highest BCUT2D eigenvalue weighted by molar-refractivity contribution is 5.94. The summed E-state index contributed by atoms with van der Waals surface area (Å²) < 4.78 is 17.0. The highest BCUT2D eigenvalue weighted by atomic mass is 16.6. The van der Waals surface area contributed by atoms with Gasteiger partial charge in [-0.05, 0) is 56.7 Å². The Balaban J connectivity index is 1.19. The maximum atomic E-state index is 13.1. The van der Waals surface area contributed by atoms with Crippen molar-refractivity contribution >= 4 is 23.7 Å². The molecule has 2 fully saturated rings. The van der Waals surface area contributed by atoms with E-state index in [1.165, 1.54) is 24.4 Å². The van der Waals surface area contributed by atoms with Gasteiger partial charge in [-0.15, -0.1) is 0 Å². The van der Waals surface area contributed by atoms with Crippen LogP contribution in [0.3, 0.4) is 0 Å². The standard InChI is InChI=1S/C30H39N3O11/c34-17-22-24(36)25(37)27(44-22)33-14-13-23(32-30(33)41)31-26(38)18-9-3-4-10-19(18)28(39)42-15-7-1-2-8-16-43-29(40)20-11-5-6-12-21(20)35/h5-6,11-14,18-19,22,24-25,27,34-37H,1-4,7-10,15-17H2,(H,31,32,38,41)/t18?,19?,22-,24-,25+,27-/m1/s1. The Labute approximate surface area is 253 Å². The maximum Gasteiger partial charge on any atom is 0.351 e. The molecule has 14 nitrogen and oxygen atoms in total. The number of phenols is 1. The average Bonchev–Trinajstić information content (AvgIpc) is 3.31. The number of carbonyl (C=O) groups excluding carboxylic acids is 3. The number of anilines is 1. The summed E-state index contributed by atoms with van der Waals surface area (Å²) in [4.78, 5) is 54.4. The highest BCUT2D eigenvalue weighted by Gasteiger charge is 2.44. The molecule has 1 aliphatic carbocycles. The van der Waals surface area contributed by atoms with Gasteiger partial charge in [-0.2, -0.15) is 4.98 Å². The molecule has 44 heavy (non-hydrogen) atoms. The zero-order valence-corrected chi connectivity index (χ0v) is 24.2. The van der Waals surface area contributed by atoms with Gasteiger partial charge in [0, 0.05) is 6.20 Å². The lowest BCUT2D eigenvalue weighted by molar-refractivity contribution is -0.154. The molecule has 1 aliphatic heterocycles. The van der Waals surface area contributed by atoms with Gasteiger partial charge in [0.1, 0.15) is 35.4 Å². The number of aromatic hydroxyl groups is 1. The largest absolute Gasteiger partial charge is 0.507 e. The van der Waals surface area contributed by atoms with E-state index in [1.807, 2.05) is 0 Å². The summed E-state index contributed by atoms with van der Waals surface area (Å²) in [5, 5.41) is 41.7. The maximum absolute atomic E-state index is 13.1. The minimum absolute atomic E-state index is 0.0352. The van der Waals surface area contributed by atoms with Crippen LogP contribution in [0.2, 0.25) is 0 Å². The van der Waals surface area contributed by atoms with Crippen LogP contribution < -0.4 is 11.0 Å². The molecule has 2 unspecified atom stereocenters. The summed E-state index contributed by atoms with van der Waals surface area (Å²) in [6.45, 7) is -0.140.